The second kappa shape index (κ2) is 6.97. The molecule has 0 aliphatic heterocycles. The molecule has 1 nitrogen and oxygen atoms in total. The summed E-state index contributed by atoms with van der Waals surface area (Å²) in [5, 5.41) is 0. The highest BCUT2D eigenvalue weighted by Gasteiger charge is 2.13. The number of thioether (sulfide) groups is 1. The lowest BCUT2D eigenvalue weighted by Crippen LogP contribution is -2.16. The fourth-order valence-electron chi connectivity index (χ4n) is 1.40. The van der Waals surface area contributed by atoms with E-state index in [4.69, 9.17) is 5.73 Å². The summed E-state index contributed by atoms with van der Waals surface area (Å²) in [6.45, 7) is 4.30. The van der Waals surface area contributed by atoms with Crippen LogP contribution in [-0.2, 0) is 0 Å². The molecule has 1 rings (SSSR count). The summed E-state index contributed by atoms with van der Waals surface area (Å²) < 4.78 is 26.4. The van der Waals surface area contributed by atoms with E-state index < -0.39 is 17.7 Å². The van der Waals surface area contributed by atoms with Crippen molar-refractivity contribution in [3.63, 3.8) is 0 Å². The first kappa shape index (κ1) is 14.5. The highest BCUT2D eigenvalue weighted by Crippen LogP contribution is 2.21. The van der Waals surface area contributed by atoms with Crippen LogP contribution in [0.5, 0.6) is 0 Å². The van der Waals surface area contributed by atoms with Gasteiger partial charge in [-0.05, 0) is 29.9 Å². The molecule has 2 atom stereocenters. The highest BCUT2D eigenvalue weighted by molar-refractivity contribution is 7.99. The molecule has 4 heteroatoms. The summed E-state index contributed by atoms with van der Waals surface area (Å²) >= 11 is 1.69. The zero-order chi connectivity index (χ0) is 12.8. The molecule has 0 aliphatic rings. The minimum atomic E-state index is -0.445. The van der Waals surface area contributed by atoms with Crippen LogP contribution in [0.25, 0.3) is 0 Å². The monoisotopic (exact) mass is 259 g/mol. The third kappa shape index (κ3) is 4.64. The number of benzene rings is 1. The first-order valence-electron chi connectivity index (χ1n) is 5.82. The minimum Gasteiger partial charge on any atom is -0.323 e. The van der Waals surface area contributed by atoms with E-state index in [-0.39, 0.29) is 5.56 Å². The smallest absolute Gasteiger partial charge is 0.128 e. The van der Waals surface area contributed by atoms with Gasteiger partial charge in [-0.2, -0.15) is 11.8 Å². The zero-order valence-electron chi connectivity index (χ0n) is 10.2. The van der Waals surface area contributed by atoms with Crippen molar-refractivity contribution in [2.45, 2.75) is 26.3 Å². The van der Waals surface area contributed by atoms with Crippen LogP contribution in [-0.4, -0.2) is 11.5 Å². The van der Waals surface area contributed by atoms with E-state index in [9.17, 15) is 8.78 Å². The van der Waals surface area contributed by atoms with Crippen LogP contribution in [0.3, 0.4) is 0 Å². The molecule has 1 aromatic carbocycles. The normalized spacial score (nSPS) is 14.6. The first-order chi connectivity index (χ1) is 8.04. The first-order valence-corrected chi connectivity index (χ1v) is 6.98. The van der Waals surface area contributed by atoms with E-state index in [1.54, 1.807) is 11.8 Å². The van der Waals surface area contributed by atoms with Crippen LogP contribution in [0.4, 0.5) is 8.78 Å². The molecule has 2 unspecified atom stereocenters. The Morgan fingerprint density at radius 1 is 1.29 bits per heavy atom. The molecule has 96 valence electrons. The van der Waals surface area contributed by atoms with Gasteiger partial charge in [-0.3, -0.25) is 0 Å². The molecule has 0 aliphatic carbocycles. The van der Waals surface area contributed by atoms with E-state index >= 15 is 0 Å². The van der Waals surface area contributed by atoms with Crippen LogP contribution in [0.15, 0.2) is 18.2 Å². The maximum Gasteiger partial charge on any atom is 0.128 e. The number of nitrogens with two attached hydrogens (primary N) is 1. The lowest BCUT2D eigenvalue weighted by Gasteiger charge is -2.14. The molecule has 0 aromatic heterocycles. The molecule has 0 spiro atoms. The minimum absolute atomic E-state index is 0.265. The van der Waals surface area contributed by atoms with Crippen molar-refractivity contribution in [1.82, 2.24) is 0 Å². The van der Waals surface area contributed by atoms with Gasteiger partial charge in [0.05, 0.1) is 0 Å². The summed E-state index contributed by atoms with van der Waals surface area (Å²) in [5.74, 6) is 1.38. The van der Waals surface area contributed by atoms with Gasteiger partial charge in [0, 0.05) is 17.4 Å². The Morgan fingerprint density at radius 3 is 2.65 bits per heavy atom. The van der Waals surface area contributed by atoms with Crippen molar-refractivity contribution in [3.05, 3.63) is 35.4 Å². The van der Waals surface area contributed by atoms with Gasteiger partial charge in [-0.1, -0.05) is 20.3 Å². The zero-order valence-corrected chi connectivity index (χ0v) is 11.1. The van der Waals surface area contributed by atoms with Crippen LogP contribution in [0, 0.1) is 17.6 Å². The predicted molar refractivity (Wildman–Crippen MR) is 70.1 cm³/mol. The third-order valence-electron chi connectivity index (χ3n) is 2.75. The average Bonchev–Trinajstić information content (AvgIpc) is 2.31. The molecule has 0 radical (unpaired) electrons. The fraction of sp³-hybridized carbons (Fsp3) is 0.538. The van der Waals surface area contributed by atoms with E-state index in [0.717, 1.165) is 24.3 Å². The van der Waals surface area contributed by atoms with Gasteiger partial charge >= 0.3 is 0 Å². The van der Waals surface area contributed by atoms with Gasteiger partial charge < -0.3 is 5.73 Å². The number of hydrogen-bond donors (Lipinski definition) is 1. The predicted octanol–water partition coefficient (Wildman–Crippen LogP) is 3.74. The Bertz CT molecular complexity index is 357. The van der Waals surface area contributed by atoms with Crippen LogP contribution < -0.4 is 5.73 Å². The summed E-state index contributed by atoms with van der Waals surface area (Å²) in [6.07, 6.45) is 1.12. The van der Waals surface area contributed by atoms with Gasteiger partial charge in [-0.25, -0.2) is 8.78 Å². The molecular weight excluding hydrogens is 240 g/mol. The van der Waals surface area contributed by atoms with Gasteiger partial charge in [-0.15, -0.1) is 0 Å². The van der Waals surface area contributed by atoms with E-state index in [0.29, 0.717) is 11.7 Å². The van der Waals surface area contributed by atoms with Gasteiger partial charge in [0.15, 0.2) is 0 Å². The largest absolute Gasteiger partial charge is 0.323 e. The summed E-state index contributed by atoms with van der Waals surface area (Å²) in [7, 11) is 0. The molecule has 0 fully saturated rings. The van der Waals surface area contributed by atoms with E-state index in [2.05, 4.69) is 13.8 Å². The van der Waals surface area contributed by atoms with Gasteiger partial charge in [0.1, 0.15) is 11.6 Å². The molecule has 0 amide bonds. The van der Waals surface area contributed by atoms with Crippen molar-refractivity contribution in [2.24, 2.45) is 11.7 Å². The quantitative estimate of drug-likeness (QED) is 0.842. The van der Waals surface area contributed by atoms with Crippen molar-refractivity contribution < 1.29 is 8.78 Å². The Morgan fingerprint density at radius 2 is 2.00 bits per heavy atom. The maximum absolute atomic E-state index is 13.4. The Hall–Kier alpha value is -0.610. The maximum atomic E-state index is 13.4. The fourth-order valence-corrected chi connectivity index (χ4v) is 2.61. The lowest BCUT2D eigenvalue weighted by molar-refractivity contribution is 0.572. The molecule has 0 bridgehead atoms. The third-order valence-corrected chi connectivity index (χ3v) is 4.15. The number of rotatable bonds is 6. The van der Waals surface area contributed by atoms with Crippen molar-refractivity contribution in [2.75, 3.05) is 11.5 Å². The van der Waals surface area contributed by atoms with Crippen LogP contribution in [0.1, 0.15) is 31.9 Å². The average molecular weight is 259 g/mol. The lowest BCUT2D eigenvalue weighted by atomic mass is 10.1. The van der Waals surface area contributed by atoms with Gasteiger partial charge in [0.2, 0.25) is 0 Å². The topological polar surface area (TPSA) is 26.0 Å². The molecular formula is C13H19F2NS. The van der Waals surface area contributed by atoms with Gasteiger partial charge in [0.25, 0.3) is 0 Å². The molecule has 1 aromatic rings. The second-order valence-electron chi connectivity index (χ2n) is 4.32. The van der Waals surface area contributed by atoms with E-state index in [1.165, 1.54) is 6.07 Å². The molecule has 0 heterocycles. The van der Waals surface area contributed by atoms with Crippen molar-refractivity contribution in [1.29, 1.82) is 0 Å². The van der Waals surface area contributed by atoms with Crippen molar-refractivity contribution >= 4 is 11.8 Å². The molecule has 0 saturated heterocycles. The molecule has 0 saturated carbocycles. The Balaban J connectivity index is 2.52. The molecule has 2 N–H and O–H groups in total. The Kier molecular flexibility index (Phi) is 5.92. The summed E-state index contributed by atoms with van der Waals surface area (Å²) in [5.41, 5.74) is 6.13. The van der Waals surface area contributed by atoms with E-state index in [1.807, 2.05) is 0 Å². The highest BCUT2D eigenvalue weighted by atomic mass is 32.2. The summed E-state index contributed by atoms with van der Waals surface area (Å²) in [6, 6.07) is 2.98. The summed E-state index contributed by atoms with van der Waals surface area (Å²) in [4.78, 5) is 0. The molecule has 17 heavy (non-hydrogen) atoms. The van der Waals surface area contributed by atoms with Crippen molar-refractivity contribution in [3.8, 4) is 0 Å². The second-order valence-corrected chi connectivity index (χ2v) is 5.40. The standard InChI is InChI=1S/C13H19F2NS/c1-3-9(2)7-17-8-13(16)11-6-10(14)4-5-12(11)15/h4-6,9,13H,3,7-8,16H2,1-2H3. The Labute approximate surface area is 106 Å². The number of hydrogen-bond acceptors (Lipinski definition) is 2. The number of halogens is 2. The SMILES string of the molecule is CCC(C)CSCC(N)c1cc(F)ccc1F. The van der Waals surface area contributed by atoms with Crippen LogP contribution >= 0.6 is 11.8 Å². The van der Waals surface area contributed by atoms with Crippen LogP contribution in [0.2, 0.25) is 0 Å².